The van der Waals surface area contributed by atoms with Gasteiger partial charge in [0, 0.05) is 5.69 Å². The van der Waals surface area contributed by atoms with E-state index in [1.807, 2.05) is 38.1 Å². The number of thiocarbonyl (C=S) groups is 1. The molecule has 0 saturated heterocycles. The third kappa shape index (κ3) is 3.51. The number of rotatable bonds is 2. The maximum absolute atomic E-state index is 13.6. The van der Waals surface area contributed by atoms with E-state index in [4.69, 9.17) is 12.2 Å². The van der Waals surface area contributed by atoms with Crippen LogP contribution in [0.25, 0.3) is 0 Å². The van der Waals surface area contributed by atoms with Crippen LogP contribution in [-0.2, 0) is 0 Å². The lowest BCUT2D eigenvalue weighted by molar-refractivity contribution is 0.632. The van der Waals surface area contributed by atoms with Gasteiger partial charge in [-0.1, -0.05) is 24.3 Å². The first-order chi connectivity index (χ1) is 9.06. The van der Waals surface area contributed by atoms with E-state index in [1.165, 1.54) is 6.07 Å². The summed E-state index contributed by atoms with van der Waals surface area (Å²) >= 11 is 5.19. The van der Waals surface area contributed by atoms with Crippen molar-refractivity contribution in [1.29, 1.82) is 0 Å². The monoisotopic (exact) mass is 274 g/mol. The van der Waals surface area contributed by atoms with Crippen LogP contribution in [0.15, 0.2) is 42.5 Å². The van der Waals surface area contributed by atoms with E-state index in [2.05, 4.69) is 10.6 Å². The van der Waals surface area contributed by atoms with Crippen LogP contribution in [0.4, 0.5) is 15.8 Å². The highest BCUT2D eigenvalue weighted by Crippen LogP contribution is 2.17. The highest BCUT2D eigenvalue weighted by molar-refractivity contribution is 7.80. The van der Waals surface area contributed by atoms with Crippen LogP contribution in [0.1, 0.15) is 11.1 Å². The third-order valence-corrected chi connectivity index (χ3v) is 2.97. The van der Waals surface area contributed by atoms with Gasteiger partial charge in [-0.25, -0.2) is 4.39 Å². The van der Waals surface area contributed by atoms with Crippen molar-refractivity contribution in [2.75, 3.05) is 10.6 Å². The molecule has 4 heteroatoms. The Morgan fingerprint density at radius 1 is 1.00 bits per heavy atom. The van der Waals surface area contributed by atoms with E-state index in [0.717, 1.165) is 16.8 Å². The lowest BCUT2D eigenvalue weighted by atomic mass is 10.2. The van der Waals surface area contributed by atoms with E-state index < -0.39 is 0 Å². The van der Waals surface area contributed by atoms with Gasteiger partial charge in [-0.05, 0) is 55.4 Å². The molecule has 2 nitrogen and oxygen atoms in total. The van der Waals surface area contributed by atoms with Crippen LogP contribution in [-0.4, -0.2) is 5.11 Å². The van der Waals surface area contributed by atoms with Crippen LogP contribution in [0.3, 0.4) is 0 Å². The summed E-state index contributed by atoms with van der Waals surface area (Å²) in [5.74, 6) is -0.320. The van der Waals surface area contributed by atoms with Gasteiger partial charge in [0.1, 0.15) is 5.82 Å². The van der Waals surface area contributed by atoms with Gasteiger partial charge in [-0.2, -0.15) is 0 Å². The molecule has 0 aliphatic carbocycles. The quantitative estimate of drug-likeness (QED) is 0.800. The number of hydrogen-bond donors (Lipinski definition) is 2. The minimum Gasteiger partial charge on any atom is -0.332 e. The predicted molar refractivity (Wildman–Crippen MR) is 82.2 cm³/mol. The number of nitrogens with one attached hydrogen (secondary N) is 2. The summed E-state index contributed by atoms with van der Waals surface area (Å²) in [4.78, 5) is 0. The van der Waals surface area contributed by atoms with Gasteiger partial charge >= 0.3 is 0 Å². The van der Waals surface area contributed by atoms with Gasteiger partial charge in [0.25, 0.3) is 0 Å². The fourth-order valence-electron chi connectivity index (χ4n) is 1.72. The molecule has 0 heterocycles. The molecule has 19 heavy (non-hydrogen) atoms. The standard InChI is InChI=1S/C15H15FN2S/c1-10-7-8-12(16)14(9-10)18-15(19)17-13-6-4-3-5-11(13)2/h3-9H,1-2H3,(H2,17,18,19). The third-order valence-electron chi connectivity index (χ3n) is 2.76. The molecule has 98 valence electrons. The summed E-state index contributed by atoms with van der Waals surface area (Å²) in [6.45, 7) is 3.89. The Morgan fingerprint density at radius 2 is 1.68 bits per heavy atom. The minimum absolute atomic E-state index is 0.320. The summed E-state index contributed by atoms with van der Waals surface area (Å²) in [5, 5.41) is 6.30. The lowest BCUT2D eigenvalue weighted by Gasteiger charge is -2.13. The summed E-state index contributed by atoms with van der Waals surface area (Å²) < 4.78 is 13.6. The van der Waals surface area contributed by atoms with Crippen LogP contribution in [0.5, 0.6) is 0 Å². The average molecular weight is 274 g/mol. The Morgan fingerprint density at radius 3 is 2.42 bits per heavy atom. The molecule has 2 aromatic carbocycles. The molecule has 2 N–H and O–H groups in total. The maximum atomic E-state index is 13.6. The Hall–Kier alpha value is -1.94. The van der Waals surface area contributed by atoms with E-state index in [1.54, 1.807) is 12.1 Å². The van der Waals surface area contributed by atoms with Gasteiger partial charge in [0.05, 0.1) is 5.69 Å². The Bertz CT molecular complexity index is 611. The molecular formula is C15H15FN2S. The molecule has 0 saturated carbocycles. The van der Waals surface area contributed by atoms with Gasteiger partial charge in [-0.15, -0.1) is 0 Å². The van der Waals surface area contributed by atoms with E-state index in [0.29, 0.717) is 10.8 Å². The van der Waals surface area contributed by atoms with Crippen LogP contribution < -0.4 is 10.6 Å². The molecule has 2 rings (SSSR count). The molecule has 0 aliphatic heterocycles. The van der Waals surface area contributed by atoms with Gasteiger partial charge in [0.2, 0.25) is 0 Å². The molecule has 0 atom stereocenters. The van der Waals surface area contributed by atoms with Crippen molar-refractivity contribution in [2.24, 2.45) is 0 Å². The van der Waals surface area contributed by atoms with Crippen molar-refractivity contribution in [1.82, 2.24) is 0 Å². The highest BCUT2D eigenvalue weighted by atomic mass is 32.1. The Kier molecular flexibility index (Phi) is 4.12. The van der Waals surface area contributed by atoms with Crippen LogP contribution >= 0.6 is 12.2 Å². The smallest absolute Gasteiger partial charge is 0.175 e. The highest BCUT2D eigenvalue weighted by Gasteiger charge is 2.05. The van der Waals surface area contributed by atoms with E-state index in [-0.39, 0.29) is 5.82 Å². The number of halogens is 1. The lowest BCUT2D eigenvalue weighted by Crippen LogP contribution is -2.20. The number of para-hydroxylation sites is 1. The summed E-state index contributed by atoms with van der Waals surface area (Å²) in [7, 11) is 0. The second-order valence-corrected chi connectivity index (χ2v) is 4.79. The zero-order chi connectivity index (χ0) is 13.8. The first-order valence-corrected chi connectivity index (χ1v) is 6.37. The number of hydrogen-bond acceptors (Lipinski definition) is 1. The molecule has 0 radical (unpaired) electrons. The van der Waals surface area contributed by atoms with Gasteiger partial charge < -0.3 is 10.6 Å². The predicted octanol–water partition coefficient (Wildman–Crippen LogP) is 4.25. The molecule has 0 fully saturated rings. The van der Waals surface area contributed by atoms with Crippen LogP contribution in [0, 0.1) is 19.7 Å². The van der Waals surface area contributed by atoms with Crippen molar-refractivity contribution in [3.8, 4) is 0 Å². The molecule has 0 amide bonds. The van der Waals surface area contributed by atoms with Crippen molar-refractivity contribution in [2.45, 2.75) is 13.8 Å². The zero-order valence-corrected chi connectivity index (χ0v) is 11.6. The molecule has 0 spiro atoms. The molecule has 0 aromatic heterocycles. The Balaban J connectivity index is 2.10. The second kappa shape index (κ2) is 5.80. The molecule has 0 bridgehead atoms. The normalized spacial score (nSPS) is 10.1. The molecule has 0 aliphatic rings. The number of aryl methyl sites for hydroxylation is 2. The SMILES string of the molecule is Cc1ccc(F)c(NC(=S)Nc2ccccc2C)c1. The maximum Gasteiger partial charge on any atom is 0.175 e. The minimum atomic E-state index is -0.320. The van der Waals surface area contributed by atoms with Gasteiger partial charge in [0.15, 0.2) is 5.11 Å². The molecule has 2 aromatic rings. The fourth-order valence-corrected chi connectivity index (χ4v) is 1.94. The summed E-state index contributed by atoms with van der Waals surface area (Å²) in [5.41, 5.74) is 3.35. The first kappa shape index (κ1) is 13.5. The Labute approximate surface area is 117 Å². The van der Waals surface area contributed by atoms with E-state index >= 15 is 0 Å². The first-order valence-electron chi connectivity index (χ1n) is 5.96. The topological polar surface area (TPSA) is 24.1 Å². The molecular weight excluding hydrogens is 259 g/mol. The van der Waals surface area contributed by atoms with Gasteiger partial charge in [-0.3, -0.25) is 0 Å². The van der Waals surface area contributed by atoms with Crippen molar-refractivity contribution in [3.63, 3.8) is 0 Å². The zero-order valence-electron chi connectivity index (χ0n) is 10.8. The number of anilines is 2. The van der Waals surface area contributed by atoms with E-state index in [9.17, 15) is 4.39 Å². The molecule has 0 unspecified atom stereocenters. The van der Waals surface area contributed by atoms with Crippen molar-refractivity contribution >= 4 is 28.7 Å². The van der Waals surface area contributed by atoms with Crippen LogP contribution in [0.2, 0.25) is 0 Å². The number of benzene rings is 2. The van der Waals surface area contributed by atoms with Crippen molar-refractivity contribution in [3.05, 3.63) is 59.4 Å². The summed E-state index contributed by atoms with van der Waals surface area (Å²) in [6.07, 6.45) is 0. The largest absolute Gasteiger partial charge is 0.332 e. The summed E-state index contributed by atoms with van der Waals surface area (Å²) in [6, 6.07) is 12.7. The fraction of sp³-hybridized carbons (Fsp3) is 0.133. The second-order valence-electron chi connectivity index (χ2n) is 4.38. The average Bonchev–Trinajstić information content (AvgIpc) is 2.37. The van der Waals surface area contributed by atoms with Crippen molar-refractivity contribution < 1.29 is 4.39 Å².